The van der Waals surface area contributed by atoms with Crippen molar-refractivity contribution in [2.75, 3.05) is 38.2 Å². The number of aromatic nitrogens is 1. The van der Waals surface area contributed by atoms with Crippen LogP contribution in [0.25, 0.3) is 0 Å². The van der Waals surface area contributed by atoms with Gasteiger partial charge in [-0.05, 0) is 29.7 Å². The molecule has 0 saturated carbocycles. The molecule has 2 N–H and O–H groups in total. The standard InChI is InChI=1S/C31H33N5O7S/c1-19(21-7-5-3-4-6-8-21)27(28(39)34-30-32-24(18-44-30)20(2)37)36-29(40)26(33-31(36)41)22-9-11-23(12-10-22)43-17-25(38)35-13-15-42-16-14-35/h3-5,7-11,18-19,23,26-27H,12-17H2,1-2H3,(H,33,41)(H,32,34,39)/t19?,23?,26-,27+/m1/s1. The maximum absolute atomic E-state index is 13.8. The summed E-state index contributed by atoms with van der Waals surface area (Å²) in [6, 6.07) is -2.94. The SMILES string of the molecule is CC(=O)c1csc(NC(=O)[C@H](C(C)C2=CC=CC=C=C2)N2C(=O)N[C@H](C3=CCC(OCC(=O)N4CCOCC4)C=C3)C2=O)n1. The second kappa shape index (κ2) is 13.9. The number of Topliss-reactive ketones (excluding diaryl/α,β-unsaturated/α-hetero) is 1. The number of hydrogen-bond donors (Lipinski definition) is 2. The Balaban J connectivity index is 1.30. The minimum Gasteiger partial charge on any atom is -0.378 e. The first kappa shape index (κ1) is 31.0. The molecular formula is C31H33N5O7S. The van der Waals surface area contributed by atoms with E-state index in [0.29, 0.717) is 43.9 Å². The lowest BCUT2D eigenvalue weighted by molar-refractivity contribution is -0.141. The number of ketones is 1. The molecule has 2 aliphatic heterocycles. The maximum Gasteiger partial charge on any atom is 0.325 e. The van der Waals surface area contributed by atoms with E-state index in [1.165, 1.54) is 12.3 Å². The molecule has 2 aliphatic carbocycles. The number of thiazole rings is 1. The highest BCUT2D eigenvalue weighted by Gasteiger charge is 2.48. The van der Waals surface area contributed by atoms with Crippen LogP contribution in [0.1, 0.15) is 30.8 Å². The predicted molar refractivity (Wildman–Crippen MR) is 162 cm³/mol. The molecule has 2 saturated heterocycles. The summed E-state index contributed by atoms with van der Waals surface area (Å²) in [6.45, 7) is 5.15. The van der Waals surface area contributed by atoms with Gasteiger partial charge in [0.1, 0.15) is 24.4 Å². The van der Waals surface area contributed by atoms with Crippen LogP contribution in [0.4, 0.5) is 9.93 Å². The van der Waals surface area contributed by atoms with Gasteiger partial charge in [-0.25, -0.2) is 14.7 Å². The van der Waals surface area contributed by atoms with Crippen LogP contribution in [0.15, 0.2) is 70.9 Å². The van der Waals surface area contributed by atoms with Crippen molar-refractivity contribution in [2.24, 2.45) is 5.92 Å². The molecule has 0 bridgehead atoms. The molecule has 230 valence electrons. The molecule has 0 aromatic carbocycles. The molecule has 5 rings (SSSR count). The number of urea groups is 1. The summed E-state index contributed by atoms with van der Waals surface area (Å²) in [5.41, 5.74) is 4.45. The highest BCUT2D eigenvalue weighted by Crippen LogP contribution is 2.29. The second-order valence-electron chi connectivity index (χ2n) is 10.6. The zero-order valence-electron chi connectivity index (χ0n) is 24.4. The Morgan fingerprint density at radius 1 is 1.25 bits per heavy atom. The number of amides is 5. The van der Waals surface area contributed by atoms with Crippen LogP contribution in [0.2, 0.25) is 0 Å². The number of nitrogens with one attached hydrogen (secondary N) is 2. The molecule has 1 aromatic heterocycles. The summed E-state index contributed by atoms with van der Waals surface area (Å²) in [5, 5.41) is 7.13. The summed E-state index contributed by atoms with van der Waals surface area (Å²) in [4.78, 5) is 71.8. The van der Waals surface area contributed by atoms with E-state index in [0.717, 1.165) is 16.2 Å². The van der Waals surface area contributed by atoms with Crippen molar-refractivity contribution in [3.8, 4) is 0 Å². The molecule has 3 heterocycles. The third kappa shape index (κ3) is 7.03. The van der Waals surface area contributed by atoms with Gasteiger partial charge in [0.25, 0.3) is 5.91 Å². The molecule has 2 fully saturated rings. The normalized spacial score (nSPS) is 22.7. The minimum absolute atomic E-state index is 0.0680. The number of morpholine rings is 1. The van der Waals surface area contributed by atoms with Gasteiger partial charge in [0.05, 0.1) is 19.3 Å². The third-order valence-electron chi connectivity index (χ3n) is 7.66. The smallest absolute Gasteiger partial charge is 0.325 e. The van der Waals surface area contributed by atoms with Gasteiger partial charge < -0.3 is 25.0 Å². The van der Waals surface area contributed by atoms with Crippen molar-refractivity contribution in [1.29, 1.82) is 0 Å². The first-order valence-corrected chi connectivity index (χ1v) is 15.2. The summed E-state index contributed by atoms with van der Waals surface area (Å²) in [6.07, 6.45) is 14.1. The van der Waals surface area contributed by atoms with Crippen LogP contribution in [0.5, 0.6) is 0 Å². The number of anilines is 1. The van der Waals surface area contributed by atoms with Crippen LogP contribution in [0, 0.1) is 5.92 Å². The van der Waals surface area contributed by atoms with Crippen LogP contribution in [0.3, 0.4) is 0 Å². The van der Waals surface area contributed by atoms with Crippen LogP contribution in [-0.2, 0) is 23.9 Å². The first-order chi connectivity index (χ1) is 21.2. The van der Waals surface area contributed by atoms with E-state index in [1.807, 2.05) is 0 Å². The molecular weight excluding hydrogens is 586 g/mol. The van der Waals surface area contributed by atoms with E-state index in [4.69, 9.17) is 9.47 Å². The molecule has 4 atom stereocenters. The van der Waals surface area contributed by atoms with E-state index in [1.54, 1.807) is 60.4 Å². The van der Waals surface area contributed by atoms with Crippen molar-refractivity contribution in [1.82, 2.24) is 20.1 Å². The quantitative estimate of drug-likeness (QED) is 0.231. The number of ether oxygens (including phenoxy) is 2. The van der Waals surface area contributed by atoms with Crippen LogP contribution >= 0.6 is 11.3 Å². The number of nitrogens with zero attached hydrogens (tertiary/aromatic N) is 3. The molecule has 5 amide bonds. The molecule has 13 heteroatoms. The number of carbonyl (C=O) groups excluding carboxylic acids is 5. The summed E-state index contributed by atoms with van der Waals surface area (Å²) in [5.74, 6) is -2.17. The van der Waals surface area contributed by atoms with Gasteiger partial charge in [-0.2, -0.15) is 0 Å². The van der Waals surface area contributed by atoms with E-state index in [-0.39, 0.29) is 35.2 Å². The molecule has 2 unspecified atom stereocenters. The van der Waals surface area contributed by atoms with Gasteiger partial charge in [-0.1, -0.05) is 43.4 Å². The van der Waals surface area contributed by atoms with Crippen LogP contribution in [-0.4, -0.2) is 95.4 Å². The Bertz CT molecular complexity index is 1530. The van der Waals surface area contributed by atoms with Crippen molar-refractivity contribution in [3.63, 3.8) is 0 Å². The lowest BCUT2D eigenvalue weighted by atomic mass is 9.90. The number of imide groups is 1. The maximum atomic E-state index is 13.8. The lowest BCUT2D eigenvalue weighted by Gasteiger charge is -2.30. The average Bonchev–Trinajstić information content (AvgIpc) is 3.49. The zero-order chi connectivity index (χ0) is 31.2. The highest BCUT2D eigenvalue weighted by molar-refractivity contribution is 7.14. The number of rotatable bonds is 10. The predicted octanol–water partition coefficient (Wildman–Crippen LogP) is 2.55. The van der Waals surface area contributed by atoms with Crippen molar-refractivity contribution >= 4 is 46.0 Å². The Kier molecular flexibility index (Phi) is 9.81. The number of carbonyl (C=O) groups is 5. The van der Waals surface area contributed by atoms with Crippen LogP contribution < -0.4 is 10.6 Å². The largest absolute Gasteiger partial charge is 0.378 e. The Morgan fingerprint density at radius 2 is 2.05 bits per heavy atom. The average molecular weight is 620 g/mol. The van der Waals surface area contributed by atoms with Gasteiger partial charge in [0, 0.05) is 31.3 Å². The fourth-order valence-corrected chi connectivity index (χ4v) is 5.95. The highest BCUT2D eigenvalue weighted by atomic mass is 32.1. The van der Waals surface area contributed by atoms with Gasteiger partial charge in [0.2, 0.25) is 11.8 Å². The fraction of sp³-hybridized carbons (Fsp3) is 0.387. The molecule has 1 aromatic rings. The molecule has 4 aliphatic rings. The first-order valence-electron chi connectivity index (χ1n) is 14.3. The molecule has 0 radical (unpaired) electrons. The molecule has 12 nitrogen and oxygen atoms in total. The number of hydrogen-bond acceptors (Lipinski definition) is 9. The Labute approximate surface area is 258 Å². The van der Waals surface area contributed by atoms with Gasteiger partial charge >= 0.3 is 6.03 Å². The van der Waals surface area contributed by atoms with Gasteiger partial charge in [-0.15, -0.1) is 17.1 Å². The van der Waals surface area contributed by atoms with Crippen molar-refractivity contribution in [3.05, 3.63) is 76.6 Å². The Morgan fingerprint density at radius 3 is 2.75 bits per heavy atom. The summed E-state index contributed by atoms with van der Waals surface area (Å²) in [7, 11) is 0. The minimum atomic E-state index is -1.23. The summed E-state index contributed by atoms with van der Waals surface area (Å²) < 4.78 is 11.1. The molecule has 44 heavy (non-hydrogen) atoms. The van der Waals surface area contributed by atoms with Crippen molar-refractivity contribution < 1.29 is 33.4 Å². The van der Waals surface area contributed by atoms with E-state index in [2.05, 4.69) is 21.3 Å². The monoisotopic (exact) mass is 619 g/mol. The second-order valence-corrected chi connectivity index (χ2v) is 11.4. The van der Waals surface area contributed by atoms with Gasteiger partial charge in [-0.3, -0.25) is 19.2 Å². The summed E-state index contributed by atoms with van der Waals surface area (Å²) >= 11 is 1.08. The lowest BCUT2D eigenvalue weighted by Crippen LogP contribution is -2.51. The fourth-order valence-electron chi connectivity index (χ4n) is 5.20. The van der Waals surface area contributed by atoms with E-state index in [9.17, 15) is 24.0 Å². The third-order valence-corrected chi connectivity index (χ3v) is 8.42. The topological polar surface area (TPSA) is 147 Å². The number of allylic oxidation sites excluding steroid dienone is 4. The Hall–Kier alpha value is -4.42. The van der Waals surface area contributed by atoms with E-state index >= 15 is 0 Å². The molecule has 0 spiro atoms. The van der Waals surface area contributed by atoms with Crippen molar-refractivity contribution in [2.45, 2.75) is 38.5 Å². The zero-order valence-corrected chi connectivity index (χ0v) is 25.2. The van der Waals surface area contributed by atoms with E-state index < -0.39 is 35.8 Å². The van der Waals surface area contributed by atoms with Gasteiger partial charge in [0.15, 0.2) is 10.9 Å².